The molecule has 4 nitrogen and oxygen atoms in total. The Morgan fingerprint density at radius 2 is 2.24 bits per heavy atom. The number of aryl methyl sites for hydroxylation is 1. The maximum absolute atomic E-state index is 4.64. The number of aromatic nitrogens is 3. The molecule has 0 amide bonds. The van der Waals surface area contributed by atoms with Crippen LogP contribution < -0.4 is 5.32 Å². The van der Waals surface area contributed by atoms with Crippen LogP contribution in [0.25, 0.3) is 11.0 Å². The highest BCUT2D eigenvalue weighted by Gasteiger charge is 2.09. The van der Waals surface area contributed by atoms with Crippen molar-refractivity contribution in [2.45, 2.75) is 46.3 Å². The quantitative estimate of drug-likeness (QED) is 0.860. The molecule has 0 aliphatic carbocycles. The molecule has 0 bridgehead atoms. The zero-order chi connectivity index (χ0) is 12.3. The van der Waals surface area contributed by atoms with Crippen molar-refractivity contribution >= 4 is 11.0 Å². The largest absolute Gasteiger partial charge is 0.327 e. The molecule has 2 aromatic rings. The van der Waals surface area contributed by atoms with Gasteiger partial charge in [-0.2, -0.15) is 0 Å². The van der Waals surface area contributed by atoms with E-state index in [0.29, 0.717) is 6.04 Å². The van der Waals surface area contributed by atoms with Crippen molar-refractivity contribution in [1.82, 2.24) is 19.9 Å². The van der Waals surface area contributed by atoms with Gasteiger partial charge in [0.15, 0.2) is 0 Å². The molecule has 0 aromatic carbocycles. The van der Waals surface area contributed by atoms with Gasteiger partial charge in [0.25, 0.3) is 0 Å². The molecule has 2 rings (SSSR count). The fraction of sp³-hybridized carbons (Fsp3) is 0.538. The van der Waals surface area contributed by atoms with Crippen molar-refractivity contribution in [3.05, 3.63) is 24.3 Å². The highest BCUT2D eigenvalue weighted by molar-refractivity contribution is 5.74. The number of rotatable bonds is 5. The summed E-state index contributed by atoms with van der Waals surface area (Å²) in [6.45, 7) is 8.30. The Kier molecular flexibility index (Phi) is 3.74. The Hall–Kier alpha value is -1.42. The third-order valence-electron chi connectivity index (χ3n) is 2.75. The lowest BCUT2D eigenvalue weighted by Crippen LogP contribution is -2.24. The molecule has 17 heavy (non-hydrogen) atoms. The first-order valence-electron chi connectivity index (χ1n) is 6.25. The first-order valence-corrected chi connectivity index (χ1v) is 6.25. The molecule has 4 heteroatoms. The van der Waals surface area contributed by atoms with E-state index in [2.05, 4.69) is 40.6 Å². The summed E-state index contributed by atoms with van der Waals surface area (Å²) in [5.41, 5.74) is 2.17. The highest BCUT2D eigenvalue weighted by atomic mass is 15.1. The summed E-state index contributed by atoms with van der Waals surface area (Å²) in [6, 6.07) is 2.51. The molecule has 2 heterocycles. The van der Waals surface area contributed by atoms with Crippen LogP contribution in [0.3, 0.4) is 0 Å². The van der Waals surface area contributed by atoms with E-state index in [1.807, 2.05) is 18.5 Å². The topological polar surface area (TPSA) is 42.7 Å². The van der Waals surface area contributed by atoms with Crippen LogP contribution in [0.15, 0.2) is 18.5 Å². The molecule has 0 aliphatic heterocycles. The number of nitrogens with one attached hydrogen (secondary N) is 1. The summed E-state index contributed by atoms with van der Waals surface area (Å²) in [5.74, 6) is 1.10. The van der Waals surface area contributed by atoms with E-state index in [-0.39, 0.29) is 0 Å². The van der Waals surface area contributed by atoms with Crippen LogP contribution in [-0.4, -0.2) is 20.6 Å². The minimum Gasteiger partial charge on any atom is -0.327 e. The molecule has 0 aliphatic rings. The number of hydrogen-bond acceptors (Lipinski definition) is 3. The molecule has 92 valence electrons. The second-order valence-corrected chi connectivity index (χ2v) is 4.58. The van der Waals surface area contributed by atoms with Gasteiger partial charge in [0.2, 0.25) is 0 Å². The van der Waals surface area contributed by atoms with Crippen LogP contribution in [0.1, 0.15) is 33.0 Å². The minimum absolute atomic E-state index is 0.475. The fourth-order valence-corrected chi connectivity index (χ4v) is 1.94. The van der Waals surface area contributed by atoms with Crippen LogP contribution in [0.2, 0.25) is 0 Å². The maximum atomic E-state index is 4.64. The SMILES string of the molecule is CCCn1c(CNC(C)C)nc2cnccc21. The molecule has 0 radical (unpaired) electrons. The van der Waals surface area contributed by atoms with Gasteiger partial charge in [-0.05, 0) is 12.5 Å². The lowest BCUT2D eigenvalue weighted by atomic mass is 10.3. The van der Waals surface area contributed by atoms with Crippen molar-refractivity contribution in [1.29, 1.82) is 0 Å². The number of imidazole rings is 1. The third kappa shape index (κ3) is 2.64. The second kappa shape index (κ2) is 5.27. The van der Waals surface area contributed by atoms with E-state index in [1.54, 1.807) is 0 Å². The van der Waals surface area contributed by atoms with E-state index in [9.17, 15) is 0 Å². The molecule has 0 saturated carbocycles. The first kappa shape index (κ1) is 12.0. The third-order valence-corrected chi connectivity index (χ3v) is 2.75. The second-order valence-electron chi connectivity index (χ2n) is 4.58. The molecule has 0 atom stereocenters. The normalized spacial score (nSPS) is 11.5. The molecular weight excluding hydrogens is 212 g/mol. The van der Waals surface area contributed by atoms with Crippen LogP contribution in [0, 0.1) is 0 Å². The average Bonchev–Trinajstić information content (AvgIpc) is 2.66. The summed E-state index contributed by atoms with van der Waals surface area (Å²) in [7, 11) is 0. The van der Waals surface area contributed by atoms with Crippen LogP contribution in [0.5, 0.6) is 0 Å². The first-order chi connectivity index (χ1) is 8.22. The van der Waals surface area contributed by atoms with Gasteiger partial charge in [-0.1, -0.05) is 20.8 Å². The maximum Gasteiger partial charge on any atom is 0.123 e. The van der Waals surface area contributed by atoms with Crippen molar-refractivity contribution in [3.63, 3.8) is 0 Å². The monoisotopic (exact) mass is 232 g/mol. The van der Waals surface area contributed by atoms with E-state index < -0.39 is 0 Å². The van der Waals surface area contributed by atoms with Crippen molar-refractivity contribution < 1.29 is 0 Å². The number of hydrogen-bond donors (Lipinski definition) is 1. The van der Waals surface area contributed by atoms with Gasteiger partial charge in [-0.3, -0.25) is 4.98 Å². The smallest absolute Gasteiger partial charge is 0.123 e. The summed E-state index contributed by atoms with van der Waals surface area (Å²) < 4.78 is 2.28. The van der Waals surface area contributed by atoms with Crippen molar-refractivity contribution in [2.24, 2.45) is 0 Å². The standard InChI is InChI=1S/C13H20N4/c1-4-7-17-12-5-6-14-8-11(12)16-13(17)9-15-10(2)3/h5-6,8,10,15H,4,7,9H2,1-3H3. The van der Waals surface area contributed by atoms with E-state index in [0.717, 1.165) is 30.9 Å². The predicted octanol–water partition coefficient (Wildman–Crippen LogP) is 2.34. The lowest BCUT2D eigenvalue weighted by Gasteiger charge is -2.10. The Morgan fingerprint density at radius 3 is 2.94 bits per heavy atom. The highest BCUT2D eigenvalue weighted by Crippen LogP contribution is 2.15. The van der Waals surface area contributed by atoms with Gasteiger partial charge in [0, 0.05) is 18.8 Å². The number of fused-ring (bicyclic) bond motifs is 1. The Balaban J connectivity index is 2.35. The van der Waals surface area contributed by atoms with Gasteiger partial charge >= 0.3 is 0 Å². The fourth-order valence-electron chi connectivity index (χ4n) is 1.94. The molecular formula is C13H20N4. The minimum atomic E-state index is 0.475. The van der Waals surface area contributed by atoms with E-state index >= 15 is 0 Å². The van der Waals surface area contributed by atoms with Gasteiger partial charge in [0.1, 0.15) is 11.3 Å². The van der Waals surface area contributed by atoms with Crippen LogP contribution >= 0.6 is 0 Å². The number of nitrogens with zero attached hydrogens (tertiary/aromatic N) is 3. The van der Waals surface area contributed by atoms with E-state index in [4.69, 9.17) is 0 Å². The van der Waals surface area contributed by atoms with E-state index in [1.165, 1.54) is 5.52 Å². The predicted molar refractivity (Wildman–Crippen MR) is 69.8 cm³/mol. The molecule has 0 spiro atoms. The summed E-state index contributed by atoms with van der Waals surface area (Å²) in [4.78, 5) is 8.77. The molecule has 0 fully saturated rings. The summed E-state index contributed by atoms with van der Waals surface area (Å²) >= 11 is 0. The van der Waals surface area contributed by atoms with Crippen LogP contribution in [-0.2, 0) is 13.1 Å². The molecule has 0 saturated heterocycles. The number of pyridine rings is 1. The summed E-state index contributed by atoms with van der Waals surface area (Å²) in [6.07, 6.45) is 4.78. The van der Waals surface area contributed by atoms with Gasteiger partial charge < -0.3 is 9.88 Å². The van der Waals surface area contributed by atoms with Crippen molar-refractivity contribution in [3.8, 4) is 0 Å². The molecule has 2 aromatic heterocycles. The van der Waals surface area contributed by atoms with Gasteiger partial charge in [-0.15, -0.1) is 0 Å². The van der Waals surface area contributed by atoms with Crippen LogP contribution in [0.4, 0.5) is 0 Å². The van der Waals surface area contributed by atoms with Gasteiger partial charge in [-0.25, -0.2) is 4.98 Å². The van der Waals surface area contributed by atoms with Gasteiger partial charge in [0.05, 0.1) is 18.3 Å². The van der Waals surface area contributed by atoms with Crippen molar-refractivity contribution in [2.75, 3.05) is 0 Å². The summed E-state index contributed by atoms with van der Waals surface area (Å²) in [5, 5.41) is 3.42. The Labute approximate surface area is 102 Å². The Morgan fingerprint density at radius 1 is 1.41 bits per heavy atom. The zero-order valence-corrected chi connectivity index (χ0v) is 10.8. The molecule has 1 N–H and O–H groups in total. The Bertz CT molecular complexity index is 487. The lowest BCUT2D eigenvalue weighted by molar-refractivity contribution is 0.546. The zero-order valence-electron chi connectivity index (χ0n) is 10.8. The molecule has 0 unspecified atom stereocenters. The average molecular weight is 232 g/mol.